The number of carbonyl (C=O) groups is 1. The summed E-state index contributed by atoms with van der Waals surface area (Å²) in [4.78, 5) is 20.6. The zero-order chi connectivity index (χ0) is 22.1. The SMILES string of the molecule is O=C(NC(c1ncccc1Cl)[C@]1(O)CC[C@H](F)CC1)c1nccc(C(F)(F)F)c1Cl. The maximum absolute atomic E-state index is 13.6. The van der Waals surface area contributed by atoms with Gasteiger partial charge in [-0.3, -0.25) is 9.78 Å². The number of hydrogen-bond donors (Lipinski definition) is 2. The van der Waals surface area contributed by atoms with Gasteiger partial charge in [-0.1, -0.05) is 23.2 Å². The number of hydrogen-bond acceptors (Lipinski definition) is 4. The van der Waals surface area contributed by atoms with Gasteiger partial charge in [-0.25, -0.2) is 9.37 Å². The Bertz CT molecular complexity index is 934. The van der Waals surface area contributed by atoms with E-state index in [0.29, 0.717) is 6.07 Å². The van der Waals surface area contributed by atoms with Crippen LogP contribution < -0.4 is 5.32 Å². The Hall–Kier alpha value is -1.97. The summed E-state index contributed by atoms with van der Waals surface area (Å²) in [6, 6.07) is 2.47. The number of pyridine rings is 2. The molecule has 0 aliphatic heterocycles. The van der Waals surface area contributed by atoms with Gasteiger partial charge < -0.3 is 10.4 Å². The zero-order valence-electron chi connectivity index (χ0n) is 15.4. The molecule has 1 atom stereocenters. The summed E-state index contributed by atoms with van der Waals surface area (Å²) in [6.45, 7) is 0. The normalized spacial score (nSPS) is 23.1. The summed E-state index contributed by atoms with van der Waals surface area (Å²) in [5.74, 6) is -1.05. The summed E-state index contributed by atoms with van der Waals surface area (Å²) in [6.07, 6.45) is -3.58. The molecule has 1 saturated carbocycles. The quantitative estimate of drug-likeness (QED) is 0.628. The third-order valence-corrected chi connectivity index (χ3v) is 5.77. The minimum absolute atomic E-state index is 0.00420. The summed E-state index contributed by atoms with van der Waals surface area (Å²) in [7, 11) is 0. The van der Waals surface area contributed by atoms with E-state index in [0.717, 1.165) is 6.20 Å². The van der Waals surface area contributed by atoms with E-state index >= 15 is 0 Å². The van der Waals surface area contributed by atoms with Gasteiger partial charge in [0.2, 0.25) is 0 Å². The number of rotatable bonds is 4. The van der Waals surface area contributed by atoms with E-state index < -0.39 is 46.2 Å². The molecule has 0 radical (unpaired) electrons. The average Bonchev–Trinajstić information content (AvgIpc) is 2.68. The van der Waals surface area contributed by atoms with Crippen LogP contribution in [0.3, 0.4) is 0 Å². The first kappa shape index (κ1) is 22.7. The lowest BCUT2D eigenvalue weighted by Gasteiger charge is -2.40. The lowest BCUT2D eigenvalue weighted by atomic mass is 9.77. The Morgan fingerprint density at radius 2 is 1.87 bits per heavy atom. The third-order valence-electron chi connectivity index (χ3n) is 5.06. The number of carbonyl (C=O) groups excluding carboxylic acids is 1. The van der Waals surface area contributed by atoms with Gasteiger partial charge in [0.15, 0.2) is 0 Å². The molecule has 11 heteroatoms. The van der Waals surface area contributed by atoms with Crippen LogP contribution in [-0.2, 0) is 6.18 Å². The van der Waals surface area contributed by atoms with Gasteiger partial charge in [0.25, 0.3) is 5.91 Å². The molecule has 0 spiro atoms. The van der Waals surface area contributed by atoms with Crippen LogP contribution in [0.2, 0.25) is 10.0 Å². The molecule has 1 fully saturated rings. The molecule has 1 unspecified atom stereocenters. The molecule has 0 aromatic carbocycles. The van der Waals surface area contributed by atoms with Crippen LogP contribution in [0, 0.1) is 0 Å². The van der Waals surface area contributed by atoms with Crippen molar-refractivity contribution < 1.29 is 27.5 Å². The van der Waals surface area contributed by atoms with Crippen LogP contribution >= 0.6 is 23.2 Å². The van der Waals surface area contributed by atoms with Crippen molar-refractivity contribution in [1.29, 1.82) is 0 Å². The van der Waals surface area contributed by atoms with Crippen molar-refractivity contribution >= 4 is 29.1 Å². The number of nitrogens with one attached hydrogen (secondary N) is 1. The van der Waals surface area contributed by atoms with Crippen LogP contribution in [0.4, 0.5) is 17.6 Å². The number of alkyl halides is 4. The smallest absolute Gasteiger partial charge is 0.387 e. The van der Waals surface area contributed by atoms with Crippen molar-refractivity contribution in [1.82, 2.24) is 15.3 Å². The summed E-state index contributed by atoms with van der Waals surface area (Å²) in [5.41, 5.74) is -3.38. The summed E-state index contributed by atoms with van der Waals surface area (Å²) < 4.78 is 53.0. The molecule has 1 amide bonds. The molecule has 2 aromatic heterocycles. The summed E-state index contributed by atoms with van der Waals surface area (Å²) in [5, 5.41) is 12.9. The van der Waals surface area contributed by atoms with Gasteiger partial charge in [-0.2, -0.15) is 13.2 Å². The van der Waals surface area contributed by atoms with Gasteiger partial charge in [-0.15, -0.1) is 0 Å². The highest BCUT2D eigenvalue weighted by Crippen LogP contribution is 2.41. The maximum Gasteiger partial charge on any atom is 0.417 e. The van der Waals surface area contributed by atoms with Crippen molar-refractivity contribution in [3.63, 3.8) is 0 Å². The predicted molar refractivity (Wildman–Crippen MR) is 102 cm³/mol. The molecule has 2 aromatic rings. The Balaban J connectivity index is 1.98. The molecule has 0 bridgehead atoms. The highest BCUT2D eigenvalue weighted by atomic mass is 35.5. The Labute approximate surface area is 179 Å². The van der Waals surface area contributed by atoms with E-state index in [-0.39, 0.29) is 36.4 Å². The molecular formula is C19H17Cl2F4N3O2. The van der Waals surface area contributed by atoms with Gasteiger partial charge in [0.05, 0.1) is 26.9 Å². The molecule has 5 nitrogen and oxygen atoms in total. The van der Waals surface area contributed by atoms with Gasteiger partial charge in [0.1, 0.15) is 17.9 Å². The van der Waals surface area contributed by atoms with Crippen LogP contribution in [0.5, 0.6) is 0 Å². The summed E-state index contributed by atoms with van der Waals surface area (Å²) >= 11 is 12.0. The van der Waals surface area contributed by atoms with Crippen molar-refractivity contribution in [3.8, 4) is 0 Å². The molecule has 30 heavy (non-hydrogen) atoms. The topological polar surface area (TPSA) is 75.1 Å². The van der Waals surface area contributed by atoms with Crippen molar-refractivity contribution in [2.75, 3.05) is 0 Å². The van der Waals surface area contributed by atoms with Crippen molar-refractivity contribution in [2.45, 2.75) is 49.7 Å². The Morgan fingerprint density at radius 1 is 1.20 bits per heavy atom. The van der Waals surface area contributed by atoms with Crippen LogP contribution in [-0.4, -0.2) is 32.8 Å². The number of aromatic nitrogens is 2. The third kappa shape index (κ3) is 4.68. The first-order valence-electron chi connectivity index (χ1n) is 9.02. The first-order valence-corrected chi connectivity index (χ1v) is 9.78. The van der Waals surface area contributed by atoms with Gasteiger partial charge >= 0.3 is 6.18 Å². The second-order valence-corrected chi connectivity index (χ2v) is 7.86. The van der Waals surface area contributed by atoms with Crippen LogP contribution in [0.1, 0.15) is 53.5 Å². The number of nitrogens with zero attached hydrogens (tertiary/aromatic N) is 2. The zero-order valence-corrected chi connectivity index (χ0v) is 16.9. The van der Waals surface area contributed by atoms with Crippen molar-refractivity contribution in [2.24, 2.45) is 0 Å². The molecule has 1 aliphatic rings. The second-order valence-electron chi connectivity index (χ2n) is 7.07. The number of aliphatic hydroxyl groups is 1. The largest absolute Gasteiger partial charge is 0.417 e. The number of amides is 1. The fraction of sp³-hybridized carbons (Fsp3) is 0.421. The fourth-order valence-electron chi connectivity index (χ4n) is 3.46. The van der Waals surface area contributed by atoms with Crippen LogP contribution in [0.25, 0.3) is 0 Å². The van der Waals surface area contributed by atoms with Crippen molar-refractivity contribution in [3.05, 3.63) is 57.6 Å². The predicted octanol–water partition coefficient (Wildman–Crippen LogP) is 4.92. The highest BCUT2D eigenvalue weighted by molar-refractivity contribution is 6.34. The molecular weight excluding hydrogens is 449 g/mol. The minimum atomic E-state index is -4.78. The molecule has 162 valence electrons. The van der Waals surface area contributed by atoms with Gasteiger partial charge in [0, 0.05) is 12.4 Å². The first-order chi connectivity index (χ1) is 14.0. The monoisotopic (exact) mass is 465 g/mol. The molecule has 3 rings (SSSR count). The van der Waals surface area contributed by atoms with E-state index in [4.69, 9.17) is 23.2 Å². The van der Waals surface area contributed by atoms with E-state index in [1.54, 1.807) is 6.07 Å². The number of halogens is 6. The molecule has 0 saturated heterocycles. The molecule has 2 N–H and O–H groups in total. The fourth-order valence-corrected chi connectivity index (χ4v) is 3.99. The highest BCUT2D eigenvalue weighted by Gasteiger charge is 2.44. The molecule has 1 aliphatic carbocycles. The average molecular weight is 466 g/mol. The van der Waals surface area contributed by atoms with E-state index in [9.17, 15) is 27.5 Å². The minimum Gasteiger partial charge on any atom is -0.387 e. The lowest BCUT2D eigenvalue weighted by molar-refractivity contribution is -0.137. The Kier molecular flexibility index (Phi) is 6.54. The van der Waals surface area contributed by atoms with Crippen LogP contribution in [0.15, 0.2) is 30.6 Å². The van der Waals surface area contributed by atoms with E-state index in [1.807, 2.05) is 0 Å². The second kappa shape index (κ2) is 8.64. The van der Waals surface area contributed by atoms with Gasteiger partial charge in [-0.05, 0) is 43.9 Å². The Morgan fingerprint density at radius 3 is 2.47 bits per heavy atom. The standard InChI is InChI=1S/C19H17Cl2F4N3O2/c20-12-2-1-8-26-14(12)16(18(30)6-3-10(22)4-7-18)28-17(29)15-13(21)11(5-9-27-15)19(23,24)25/h1-2,5,8-10,16,30H,3-4,6-7H2,(H,28,29)/t10-,16?,18-. The molecule has 2 heterocycles. The maximum atomic E-state index is 13.6. The van der Waals surface area contributed by atoms with E-state index in [1.165, 1.54) is 12.3 Å². The van der Waals surface area contributed by atoms with E-state index in [2.05, 4.69) is 15.3 Å². The lowest BCUT2D eigenvalue weighted by Crippen LogP contribution is -2.49.